The summed E-state index contributed by atoms with van der Waals surface area (Å²) in [5.41, 5.74) is 9.06. The topological polar surface area (TPSA) is 102 Å². The van der Waals surface area contributed by atoms with Crippen molar-refractivity contribution in [2.75, 3.05) is 12.3 Å². The molecule has 1 aromatic carbocycles. The van der Waals surface area contributed by atoms with Crippen LogP contribution in [0.15, 0.2) is 0 Å². The Morgan fingerprint density at radius 1 is 1.13 bits per heavy atom. The molecule has 0 fully saturated rings. The van der Waals surface area contributed by atoms with E-state index in [1.807, 2.05) is 6.92 Å². The van der Waals surface area contributed by atoms with Gasteiger partial charge >= 0.3 is 11.9 Å². The first-order valence-electron chi connectivity index (χ1n) is 7.49. The second-order valence-electron chi connectivity index (χ2n) is 6.64. The SMILES string of the molecule is Cc1c(N)c(C)c(C(=O)O)c(C)c1CNCC(=O)OC(C)(C)C. The Morgan fingerprint density at radius 2 is 1.70 bits per heavy atom. The van der Waals surface area contributed by atoms with E-state index >= 15 is 0 Å². The third-order valence-electron chi connectivity index (χ3n) is 3.67. The summed E-state index contributed by atoms with van der Waals surface area (Å²) >= 11 is 0. The molecular weight excluding hydrogens is 296 g/mol. The molecule has 0 aliphatic carbocycles. The van der Waals surface area contributed by atoms with Gasteiger partial charge in [-0.2, -0.15) is 0 Å². The van der Waals surface area contributed by atoms with E-state index in [1.54, 1.807) is 34.6 Å². The second-order valence-corrected chi connectivity index (χ2v) is 6.64. The zero-order valence-electron chi connectivity index (χ0n) is 14.7. The molecule has 0 aliphatic heterocycles. The molecule has 4 N–H and O–H groups in total. The van der Waals surface area contributed by atoms with Crippen LogP contribution in [-0.4, -0.2) is 29.2 Å². The summed E-state index contributed by atoms with van der Waals surface area (Å²) < 4.78 is 5.22. The molecule has 1 rings (SSSR count). The van der Waals surface area contributed by atoms with E-state index in [4.69, 9.17) is 10.5 Å². The van der Waals surface area contributed by atoms with Crippen LogP contribution >= 0.6 is 0 Å². The Hall–Kier alpha value is -2.08. The fraction of sp³-hybridized carbons (Fsp3) is 0.529. The monoisotopic (exact) mass is 322 g/mol. The second kappa shape index (κ2) is 7.00. The number of nitrogens with two attached hydrogens (primary N) is 1. The van der Waals surface area contributed by atoms with Gasteiger partial charge in [0.15, 0.2) is 0 Å². The van der Waals surface area contributed by atoms with Crippen LogP contribution in [0.25, 0.3) is 0 Å². The number of carbonyl (C=O) groups is 2. The fourth-order valence-corrected chi connectivity index (χ4v) is 2.54. The van der Waals surface area contributed by atoms with Gasteiger partial charge in [-0.3, -0.25) is 4.79 Å². The van der Waals surface area contributed by atoms with E-state index in [9.17, 15) is 14.7 Å². The highest BCUT2D eigenvalue weighted by Gasteiger charge is 2.20. The molecule has 23 heavy (non-hydrogen) atoms. The normalized spacial score (nSPS) is 11.4. The van der Waals surface area contributed by atoms with Crippen molar-refractivity contribution in [1.29, 1.82) is 0 Å². The standard InChI is InChI=1S/C17H26N2O4/c1-9-12(7-19-8-13(20)23-17(4,5)6)10(2)15(18)11(3)14(9)16(21)22/h19H,7-8,18H2,1-6H3,(H,21,22). The van der Waals surface area contributed by atoms with Crippen molar-refractivity contribution in [2.24, 2.45) is 0 Å². The molecule has 128 valence electrons. The van der Waals surface area contributed by atoms with Crippen LogP contribution in [0.2, 0.25) is 0 Å². The number of ether oxygens (including phenoxy) is 1. The maximum absolute atomic E-state index is 11.7. The molecule has 0 saturated heterocycles. The number of rotatable bonds is 5. The van der Waals surface area contributed by atoms with Gasteiger partial charge in [0.2, 0.25) is 0 Å². The summed E-state index contributed by atoms with van der Waals surface area (Å²) in [5.74, 6) is -1.36. The van der Waals surface area contributed by atoms with Gasteiger partial charge in [0, 0.05) is 12.2 Å². The van der Waals surface area contributed by atoms with Gasteiger partial charge in [-0.25, -0.2) is 4.79 Å². The molecule has 1 aromatic rings. The molecule has 0 aliphatic rings. The molecule has 0 heterocycles. The Balaban J connectivity index is 2.94. The van der Waals surface area contributed by atoms with Crippen molar-refractivity contribution in [3.63, 3.8) is 0 Å². The number of carboxylic acid groups (broad SMARTS) is 1. The summed E-state index contributed by atoms with van der Waals surface area (Å²) in [4.78, 5) is 23.2. The number of hydrogen-bond acceptors (Lipinski definition) is 5. The number of benzene rings is 1. The largest absolute Gasteiger partial charge is 0.478 e. The van der Waals surface area contributed by atoms with Gasteiger partial charge in [0.1, 0.15) is 5.60 Å². The maximum Gasteiger partial charge on any atom is 0.336 e. The fourth-order valence-electron chi connectivity index (χ4n) is 2.54. The number of nitrogen functional groups attached to an aromatic ring is 1. The molecule has 0 spiro atoms. The van der Waals surface area contributed by atoms with E-state index in [0.29, 0.717) is 23.4 Å². The lowest BCUT2D eigenvalue weighted by Crippen LogP contribution is -2.31. The highest BCUT2D eigenvalue weighted by atomic mass is 16.6. The van der Waals surface area contributed by atoms with Gasteiger partial charge < -0.3 is 20.9 Å². The zero-order chi connectivity index (χ0) is 17.9. The third-order valence-corrected chi connectivity index (χ3v) is 3.67. The molecule has 0 unspecified atom stereocenters. The lowest BCUT2D eigenvalue weighted by atomic mass is 9.91. The van der Waals surface area contributed by atoms with Crippen molar-refractivity contribution >= 4 is 17.6 Å². The van der Waals surface area contributed by atoms with Crippen LogP contribution in [0.3, 0.4) is 0 Å². The number of aromatic carboxylic acids is 1. The Kier molecular flexibility index (Phi) is 5.77. The summed E-state index contributed by atoms with van der Waals surface area (Å²) in [6, 6.07) is 0. The van der Waals surface area contributed by atoms with Crippen molar-refractivity contribution in [1.82, 2.24) is 5.32 Å². The quantitative estimate of drug-likeness (QED) is 0.568. The van der Waals surface area contributed by atoms with Crippen molar-refractivity contribution in [3.8, 4) is 0 Å². The van der Waals surface area contributed by atoms with Crippen LogP contribution in [0.1, 0.15) is 53.4 Å². The summed E-state index contributed by atoms with van der Waals surface area (Å²) in [6.45, 7) is 11.1. The Bertz CT molecular complexity index is 631. The van der Waals surface area contributed by atoms with E-state index in [2.05, 4.69) is 5.32 Å². The summed E-state index contributed by atoms with van der Waals surface area (Å²) in [5, 5.41) is 12.4. The number of nitrogens with one attached hydrogen (secondary N) is 1. The predicted molar refractivity (Wildman–Crippen MR) is 89.6 cm³/mol. The molecule has 0 aromatic heterocycles. The lowest BCUT2D eigenvalue weighted by molar-refractivity contribution is -0.153. The van der Waals surface area contributed by atoms with Crippen molar-refractivity contribution in [2.45, 2.75) is 53.7 Å². The number of carbonyl (C=O) groups excluding carboxylic acids is 1. The highest BCUT2D eigenvalue weighted by Crippen LogP contribution is 2.29. The zero-order valence-corrected chi connectivity index (χ0v) is 14.7. The molecule has 0 bridgehead atoms. The highest BCUT2D eigenvalue weighted by molar-refractivity contribution is 5.94. The molecule has 0 radical (unpaired) electrons. The van der Waals surface area contributed by atoms with Gasteiger partial charge in [0.05, 0.1) is 12.1 Å². The summed E-state index contributed by atoms with van der Waals surface area (Å²) in [7, 11) is 0. The number of carboxylic acids is 1. The third kappa shape index (κ3) is 4.69. The number of esters is 1. The molecule has 6 heteroatoms. The molecule has 0 amide bonds. The number of hydrogen-bond donors (Lipinski definition) is 3. The first kappa shape index (κ1) is 19.0. The van der Waals surface area contributed by atoms with E-state index in [-0.39, 0.29) is 18.1 Å². The van der Waals surface area contributed by atoms with Gasteiger partial charge in [-0.05, 0) is 63.8 Å². The Morgan fingerprint density at radius 3 is 2.17 bits per heavy atom. The molecule has 6 nitrogen and oxygen atoms in total. The van der Waals surface area contributed by atoms with E-state index in [0.717, 1.165) is 11.1 Å². The van der Waals surface area contributed by atoms with Crippen LogP contribution in [0.4, 0.5) is 5.69 Å². The summed E-state index contributed by atoms with van der Waals surface area (Å²) in [6.07, 6.45) is 0. The minimum absolute atomic E-state index is 0.0480. The Labute approximate surface area is 137 Å². The maximum atomic E-state index is 11.7. The van der Waals surface area contributed by atoms with Gasteiger partial charge in [-0.1, -0.05) is 0 Å². The lowest BCUT2D eigenvalue weighted by Gasteiger charge is -2.21. The number of anilines is 1. The molecule has 0 atom stereocenters. The van der Waals surface area contributed by atoms with Crippen LogP contribution in [-0.2, 0) is 16.1 Å². The van der Waals surface area contributed by atoms with Crippen LogP contribution < -0.4 is 11.1 Å². The smallest absolute Gasteiger partial charge is 0.336 e. The molecule has 0 saturated carbocycles. The molecular formula is C17H26N2O4. The van der Waals surface area contributed by atoms with Gasteiger partial charge in [0.25, 0.3) is 0 Å². The van der Waals surface area contributed by atoms with Gasteiger partial charge in [-0.15, -0.1) is 0 Å². The minimum atomic E-state index is -1.000. The van der Waals surface area contributed by atoms with Crippen molar-refractivity contribution in [3.05, 3.63) is 27.8 Å². The van der Waals surface area contributed by atoms with Crippen molar-refractivity contribution < 1.29 is 19.4 Å². The van der Waals surface area contributed by atoms with E-state index in [1.165, 1.54) is 0 Å². The average Bonchev–Trinajstić information content (AvgIpc) is 2.38. The predicted octanol–water partition coefficient (Wildman–Crippen LogP) is 2.32. The first-order chi connectivity index (χ1) is 10.5. The average molecular weight is 322 g/mol. The van der Waals surface area contributed by atoms with E-state index < -0.39 is 11.6 Å². The first-order valence-corrected chi connectivity index (χ1v) is 7.49. The van der Waals surface area contributed by atoms with Crippen LogP contribution in [0, 0.1) is 20.8 Å². The van der Waals surface area contributed by atoms with Crippen LogP contribution in [0.5, 0.6) is 0 Å². The minimum Gasteiger partial charge on any atom is -0.478 e.